The van der Waals surface area contributed by atoms with E-state index in [9.17, 15) is 9.90 Å². The van der Waals surface area contributed by atoms with Crippen LogP contribution in [0.1, 0.15) is 18.9 Å². The van der Waals surface area contributed by atoms with Crippen LogP contribution in [0.4, 0.5) is 0 Å². The number of aliphatic carboxylic acids is 1. The predicted molar refractivity (Wildman–Crippen MR) is 70.7 cm³/mol. The molecule has 18 heavy (non-hydrogen) atoms. The fourth-order valence-corrected chi connectivity index (χ4v) is 2.14. The summed E-state index contributed by atoms with van der Waals surface area (Å²) in [5.41, 5.74) is 0.697. The molecule has 0 amide bonds. The molecule has 3 heteroatoms. The summed E-state index contributed by atoms with van der Waals surface area (Å²) in [6.45, 7) is 1.84. The molecule has 2 aromatic carbocycles. The van der Waals surface area contributed by atoms with Gasteiger partial charge in [-0.25, -0.2) is 0 Å². The summed E-state index contributed by atoms with van der Waals surface area (Å²) >= 11 is 0. The van der Waals surface area contributed by atoms with Gasteiger partial charge in [-0.15, -0.1) is 0 Å². The molecule has 94 valence electrons. The number of aromatic hydroxyl groups is 1. The molecule has 3 nitrogen and oxygen atoms in total. The maximum atomic E-state index is 11.0. The molecule has 1 atom stereocenters. The fraction of sp³-hybridized carbons (Fsp3) is 0.267. The van der Waals surface area contributed by atoms with E-state index in [2.05, 4.69) is 0 Å². The van der Waals surface area contributed by atoms with E-state index in [-0.39, 0.29) is 5.75 Å². The fourth-order valence-electron chi connectivity index (χ4n) is 2.14. The van der Waals surface area contributed by atoms with E-state index in [0.717, 1.165) is 10.8 Å². The van der Waals surface area contributed by atoms with Crippen LogP contribution in [-0.2, 0) is 11.2 Å². The van der Waals surface area contributed by atoms with E-state index in [1.165, 1.54) is 0 Å². The first-order chi connectivity index (χ1) is 8.63. The number of benzene rings is 2. The number of carbonyl (C=O) groups is 1. The standard InChI is InChI=1S/C15H16O3/c1-2-10(15(17)18)9-12-8-7-11-5-3-4-6-13(11)14(12)16/h3-8,10,16H,2,9H2,1H3,(H,17,18). The van der Waals surface area contributed by atoms with Crippen LogP contribution in [-0.4, -0.2) is 16.2 Å². The number of fused-ring (bicyclic) bond motifs is 1. The quantitative estimate of drug-likeness (QED) is 0.868. The Hall–Kier alpha value is -2.03. The number of carboxylic acids is 1. The van der Waals surface area contributed by atoms with E-state index in [1.54, 1.807) is 0 Å². The zero-order valence-corrected chi connectivity index (χ0v) is 10.3. The van der Waals surface area contributed by atoms with E-state index in [0.29, 0.717) is 18.4 Å². The first-order valence-electron chi connectivity index (χ1n) is 6.06. The molecule has 0 aliphatic heterocycles. The number of hydrogen-bond donors (Lipinski definition) is 2. The van der Waals surface area contributed by atoms with Crippen molar-refractivity contribution < 1.29 is 15.0 Å². The summed E-state index contributed by atoms with van der Waals surface area (Å²) in [7, 11) is 0. The zero-order chi connectivity index (χ0) is 13.1. The lowest BCUT2D eigenvalue weighted by atomic mass is 9.94. The maximum absolute atomic E-state index is 11.0. The van der Waals surface area contributed by atoms with Crippen molar-refractivity contribution in [3.05, 3.63) is 42.0 Å². The van der Waals surface area contributed by atoms with E-state index < -0.39 is 11.9 Å². The topological polar surface area (TPSA) is 57.5 Å². The summed E-state index contributed by atoms with van der Waals surface area (Å²) in [5.74, 6) is -1.06. The van der Waals surface area contributed by atoms with Crippen molar-refractivity contribution in [2.75, 3.05) is 0 Å². The Balaban J connectivity index is 2.40. The molecule has 0 heterocycles. The zero-order valence-electron chi connectivity index (χ0n) is 10.3. The number of carboxylic acid groups (broad SMARTS) is 1. The van der Waals surface area contributed by atoms with Crippen LogP contribution < -0.4 is 0 Å². The summed E-state index contributed by atoms with van der Waals surface area (Å²) in [6.07, 6.45) is 0.921. The minimum absolute atomic E-state index is 0.202. The molecule has 0 radical (unpaired) electrons. The Morgan fingerprint density at radius 2 is 1.94 bits per heavy atom. The molecule has 0 aliphatic carbocycles. The first-order valence-corrected chi connectivity index (χ1v) is 6.06. The average molecular weight is 244 g/mol. The predicted octanol–water partition coefficient (Wildman–Crippen LogP) is 3.20. The monoisotopic (exact) mass is 244 g/mol. The molecule has 0 fully saturated rings. The van der Waals surface area contributed by atoms with Crippen molar-refractivity contribution in [1.82, 2.24) is 0 Å². The molecule has 0 aromatic heterocycles. The molecular formula is C15H16O3. The highest BCUT2D eigenvalue weighted by Crippen LogP contribution is 2.30. The second-order valence-corrected chi connectivity index (χ2v) is 4.44. The summed E-state index contributed by atoms with van der Waals surface area (Å²) < 4.78 is 0. The molecule has 0 bridgehead atoms. The van der Waals surface area contributed by atoms with Crippen LogP contribution in [0.15, 0.2) is 36.4 Å². The number of phenols is 1. The van der Waals surface area contributed by atoms with Crippen LogP contribution in [0.5, 0.6) is 5.75 Å². The molecule has 1 unspecified atom stereocenters. The minimum Gasteiger partial charge on any atom is -0.507 e. The van der Waals surface area contributed by atoms with Crippen LogP contribution >= 0.6 is 0 Å². The number of hydrogen-bond acceptors (Lipinski definition) is 2. The van der Waals surface area contributed by atoms with E-state index in [1.807, 2.05) is 43.3 Å². The molecule has 2 aromatic rings. The Bertz CT molecular complexity index is 575. The van der Waals surface area contributed by atoms with Gasteiger partial charge in [0.05, 0.1) is 5.92 Å². The summed E-state index contributed by atoms with van der Waals surface area (Å²) in [4.78, 5) is 11.0. The molecular weight excluding hydrogens is 228 g/mol. The second kappa shape index (κ2) is 5.08. The highest BCUT2D eigenvalue weighted by Gasteiger charge is 2.18. The van der Waals surface area contributed by atoms with Gasteiger partial charge in [0, 0.05) is 5.39 Å². The number of phenolic OH excluding ortho intramolecular Hbond substituents is 1. The second-order valence-electron chi connectivity index (χ2n) is 4.44. The summed E-state index contributed by atoms with van der Waals surface area (Å²) in [5, 5.41) is 21.0. The Morgan fingerprint density at radius 1 is 1.22 bits per heavy atom. The normalized spacial score (nSPS) is 12.5. The Labute approximate surface area is 106 Å². The Kier molecular flexibility index (Phi) is 3.51. The lowest BCUT2D eigenvalue weighted by Gasteiger charge is -2.12. The van der Waals surface area contributed by atoms with Crippen molar-refractivity contribution in [1.29, 1.82) is 0 Å². The third-order valence-electron chi connectivity index (χ3n) is 3.29. The lowest BCUT2D eigenvalue weighted by molar-refractivity contribution is -0.141. The van der Waals surface area contributed by atoms with Crippen molar-refractivity contribution in [2.24, 2.45) is 5.92 Å². The van der Waals surface area contributed by atoms with Gasteiger partial charge in [0.25, 0.3) is 0 Å². The van der Waals surface area contributed by atoms with Gasteiger partial charge in [-0.3, -0.25) is 4.79 Å². The van der Waals surface area contributed by atoms with E-state index >= 15 is 0 Å². The van der Waals surface area contributed by atoms with Crippen LogP contribution in [0, 0.1) is 5.92 Å². The van der Waals surface area contributed by atoms with Gasteiger partial charge in [0.2, 0.25) is 0 Å². The van der Waals surface area contributed by atoms with Gasteiger partial charge in [-0.2, -0.15) is 0 Å². The van der Waals surface area contributed by atoms with Gasteiger partial charge < -0.3 is 10.2 Å². The van der Waals surface area contributed by atoms with Crippen molar-refractivity contribution in [2.45, 2.75) is 19.8 Å². The van der Waals surface area contributed by atoms with Crippen molar-refractivity contribution in [3.8, 4) is 5.75 Å². The SMILES string of the molecule is CCC(Cc1ccc2ccccc2c1O)C(=O)O. The van der Waals surface area contributed by atoms with Crippen LogP contribution in [0.25, 0.3) is 10.8 Å². The molecule has 0 saturated carbocycles. The lowest BCUT2D eigenvalue weighted by Crippen LogP contribution is -2.15. The number of rotatable bonds is 4. The third kappa shape index (κ3) is 2.30. The largest absolute Gasteiger partial charge is 0.507 e. The van der Waals surface area contributed by atoms with Gasteiger partial charge >= 0.3 is 5.97 Å². The molecule has 0 spiro atoms. The Morgan fingerprint density at radius 3 is 2.61 bits per heavy atom. The van der Waals surface area contributed by atoms with Crippen LogP contribution in [0.2, 0.25) is 0 Å². The van der Waals surface area contributed by atoms with Crippen LogP contribution in [0.3, 0.4) is 0 Å². The van der Waals surface area contributed by atoms with Gasteiger partial charge in [-0.05, 0) is 23.8 Å². The maximum Gasteiger partial charge on any atom is 0.306 e. The highest BCUT2D eigenvalue weighted by atomic mass is 16.4. The van der Waals surface area contributed by atoms with Crippen molar-refractivity contribution in [3.63, 3.8) is 0 Å². The van der Waals surface area contributed by atoms with E-state index in [4.69, 9.17) is 5.11 Å². The molecule has 2 N–H and O–H groups in total. The molecule has 0 aliphatic rings. The third-order valence-corrected chi connectivity index (χ3v) is 3.29. The highest BCUT2D eigenvalue weighted by molar-refractivity contribution is 5.89. The van der Waals surface area contributed by atoms with Gasteiger partial charge in [-0.1, -0.05) is 43.3 Å². The minimum atomic E-state index is -0.815. The van der Waals surface area contributed by atoms with Gasteiger partial charge in [0.15, 0.2) is 0 Å². The first kappa shape index (κ1) is 12.4. The average Bonchev–Trinajstić information content (AvgIpc) is 2.38. The van der Waals surface area contributed by atoms with Crippen molar-refractivity contribution >= 4 is 16.7 Å². The smallest absolute Gasteiger partial charge is 0.306 e. The van der Waals surface area contributed by atoms with Gasteiger partial charge in [0.1, 0.15) is 5.75 Å². The molecule has 2 rings (SSSR count). The summed E-state index contributed by atoms with van der Waals surface area (Å²) in [6, 6.07) is 11.3. The molecule has 0 saturated heterocycles.